The molecule has 0 saturated carbocycles. The van der Waals surface area contributed by atoms with Crippen LogP contribution in [0.15, 0.2) is 6.07 Å². The van der Waals surface area contributed by atoms with Gasteiger partial charge >= 0.3 is 5.97 Å². The minimum atomic E-state index is -1.16. The zero-order chi connectivity index (χ0) is 17.6. The molecule has 1 N–H and O–H groups in total. The summed E-state index contributed by atoms with van der Waals surface area (Å²) in [6.45, 7) is 3.55. The van der Waals surface area contributed by atoms with Crippen LogP contribution in [0.5, 0.6) is 5.88 Å². The van der Waals surface area contributed by atoms with Gasteiger partial charge in [-0.15, -0.1) is 0 Å². The molecule has 0 atom stereocenters. The second-order valence-corrected chi connectivity index (χ2v) is 6.03. The van der Waals surface area contributed by atoms with Gasteiger partial charge in [0.2, 0.25) is 11.8 Å². The van der Waals surface area contributed by atoms with Gasteiger partial charge in [0.15, 0.2) is 12.3 Å². The zero-order valence-electron chi connectivity index (χ0n) is 14.0. The number of hydrogen-bond acceptors (Lipinski definition) is 7. The van der Waals surface area contributed by atoms with Crippen molar-refractivity contribution in [3.8, 4) is 5.88 Å². The number of morpholine rings is 1. The highest BCUT2D eigenvalue weighted by atomic mass is 16.5. The van der Waals surface area contributed by atoms with Crippen molar-refractivity contribution < 1.29 is 24.2 Å². The maximum Gasteiger partial charge on any atom is 0.354 e. The minimum absolute atomic E-state index is 0.0965. The number of aromatic nitrogens is 2. The van der Waals surface area contributed by atoms with Crippen LogP contribution >= 0.6 is 0 Å². The Hall–Kier alpha value is -2.42. The number of carboxylic acid groups (broad SMARTS) is 1. The SMILES string of the molecule is O=C(O)c1cc(OCC(=O)N2CCCCC2)nc(N2CCOCC2)n1. The molecule has 1 aromatic heterocycles. The van der Waals surface area contributed by atoms with Crippen molar-refractivity contribution in [1.29, 1.82) is 0 Å². The number of anilines is 1. The second-order valence-electron chi connectivity index (χ2n) is 6.03. The van der Waals surface area contributed by atoms with Crippen LogP contribution in [0.3, 0.4) is 0 Å². The molecule has 3 rings (SSSR count). The van der Waals surface area contributed by atoms with Crippen LogP contribution in [0, 0.1) is 0 Å². The van der Waals surface area contributed by atoms with Crippen LogP contribution in [-0.4, -0.2) is 77.9 Å². The van der Waals surface area contributed by atoms with Gasteiger partial charge in [0, 0.05) is 32.2 Å². The number of carbonyl (C=O) groups is 2. The summed E-state index contributed by atoms with van der Waals surface area (Å²) in [4.78, 5) is 35.4. The molecule has 0 spiro atoms. The predicted octanol–water partition coefficient (Wildman–Crippen LogP) is 0.403. The van der Waals surface area contributed by atoms with Crippen LogP contribution in [-0.2, 0) is 9.53 Å². The Morgan fingerprint density at radius 1 is 1.12 bits per heavy atom. The Bertz CT molecular complexity index is 627. The lowest BCUT2D eigenvalue weighted by molar-refractivity contribution is -0.134. The molecule has 1 aromatic rings. The van der Waals surface area contributed by atoms with E-state index in [2.05, 4.69) is 9.97 Å². The Labute approximate surface area is 145 Å². The largest absolute Gasteiger partial charge is 0.477 e. The molecule has 0 aromatic carbocycles. The second kappa shape index (κ2) is 8.11. The van der Waals surface area contributed by atoms with E-state index in [0.717, 1.165) is 32.4 Å². The molecular weight excluding hydrogens is 328 g/mol. The van der Waals surface area contributed by atoms with Gasteiger partial charge in [-0.3, -0.25) is 4.79 Å². The smallest absolute Gasteiger partial charge is 0.354 e. The van der Waals surface area contributed by atoms with Gasteiger partial charge in [-0.2, -0.15) is 4.98 Å². The average molecular weight is 350 g/mol. The third-order valence-electron chi connectivity index (χ3n) is 4.26. The van der Waals surface area contributed by atoms with Crippen molar-refractivity contribution in [3.63, 3.8) is 0 Å². The van der Waals surface area contributed by atoms with Crippen LogP contribution in [0.4, 0.5) is 5.95 Å². The topological polar surface area (TPSA) is 105 Å². The Morgan fingerprint density at radius 3 is 2.52 bits per heavy atom. The average Bonchev–Trinajstić information content (AvgIpc) is 2.67. The van der Waals surface area contributed by atoms with Gasteiger partial charge in [-0.25, -0.2) is 9.78 Å². The number of carbonyl (C=O) groups excluding carboxylic acids is 1. The van der Waals surface area contributed by atoms with Gasteiger partial charge < -0.3 is 24.4 Å². The number of amides is 1. The van der Waals surface area contributed by atoms with Gasteiger partial charge in [-0.05, 0) is 19.3 Å². The van der Waals surface area contributed by atoms with E-state index in [4.69, 9.17) is 9.47 Å². The molecule has 2 fully saturated rings. The number of hydrogen-bond donors (Lipinski definition) is 1. The fourth-order valence-corrected chi connectivity index (χ4v) is 2.87. The summed E-state index contributed by atoms with van der Waals surface area (Å²) in [5.74, 6) is -0.893. The van der Waals surface area contributed by atoms with Gasteiger partial charge in [0.1, 0.15) is 0 Å². The molecule has 2 aliphatic rings. The molecular formula is C16H22N4O5. The number of aromatic carboxylic acids is 1. The molecule has 3 heterocycles. The monoisotopic (exact) mass is 350 g/mol. The molecule has 2 saturated heterocycles. The van der Waals surface area contributed by atoms with Crippen LogP contribution < -0.4 is 9.64 Å². The van der Waals surface area contributed by atoms with Crippen molar-refractivity contribution >= 4 is 17.8 Å². The maximum absolute atomic E-state index is 12.2. The van der Waals surface area contributed by atoms with E-state index in [9.17, 15) is 14.7 Å². The highest BCUT2D eigenvalue weighted by Crippen LogP contribution is 2.18. The third-order valence-corrected chi connectivity index (χ3v) is 4.26. The molecule has 0 unspecified atom stereocenters. The van der Waals surface area contributed by atoms with Crippen LogP contribution in [0.25, 0.3) is 0 Å². The lowest BCUT2D eigenvalue weighted by Gasteiger charge is -2.27. The summed E-state index contributed by atoms with van der Waals surface area (Å²) in [5.41, 5.74) is -0.156. The van der Waals surface area contributed by atoms with Gasteiger partial charge in [0.05, 0.1) is 13.2 Å². The van der Waals surface area contributed by atoms with E-state index in [1.54, 1.807) is 4.90 Å². The van der Waals surface area contributed by atoms with Gasteiger partial charge in [0.25, 0.3) is 5.91 Å². The molecule has 2 aliphatic heterocycles. The number of ether oxygens (including phenoxy) is 2. The summed E-state index contributed by atoms with van der Waals surface area (Å²) in [6, 6.07) is 1.25. The first-order chi connectivity index (χ1) is 12.1. The normalized spacial score (nSPS) is 18.1. The van der Waals surface area contributed by atoms with E-state index in [1.165, 1.54) is 6.07 Å². The zero-order valence-corrected chi connectivity index (χ0v) is 14.0. The summed E-state index contributed by atoms with van der Waals surface area (Å²) in [7, 11) is 0. The fraction of sp³-hybridized carbons (Fsp3) is 0.625. The molecule has 1 amide bonds. The predicted molar refractivity (Wildman–Crippen MR) is 87.9 cm³/mol. The number of nitrogens with zero attached hydrogens (tertiary/aromatic N) is 4. The van der Waals surface area contributed by atoms with Crippen LogP contribution in [0.2, 0.25) is 0 Å². The van der Waals surface area contributed by atoms with E-state index in [0.29, 0.717) is 26.3 Å². The Kier molecular flexibility index (Phi) is 5.64. The van der Waals surface area contributed by atoms with E-state index >= 15 is 0 Å². The summed E-state index contributed by atoms with van der Waals surface area (Å²) in [5, 5.41) is 9.25. The lowest BCUT2D eigenvalue weighted by atomic mass is 10.1. The maximum atomic E-state index is 12.2. The summed E-state index contributed by atoms with van der Waals surface area (Å²) >= 11 is 0. The quantitative estimate of drug-likeness (QED) is 0.814. The standard InChI is InChI=1S/C16H22N4O5/c21-14(19-4-2-1-3-5-19)11-25-13-10-12(15(22)23)17-16(18-13)20-6-8-24-9-7-20/h10H,1-9,11H2,(H,22,23). The minimum Gasteiger partial charge on any atom is -0.477 e. The van der Waals surface area contributed by atoms with E-state index < -0.39 is 5.97 Å². The number of rotatable bonds is 5. The molecule has 9 heteroatoms. The van der Waals surface area contributed by atoms with Crippen molar-refractivity contribution in [2.45, 2.75) is 19.3 Å². The van der Waals surface area contributed by atoms with Gasteiger partial charge in [-0.1, -0.05) is 0 Å². The highest BCUT2D eigenvalue weighted by Gasteiger charge is 2.20. The summed E-state index contributed by atoms with van der Waals surface area (Å²) < 4.78 is 10.8. The van der Waals surface area contributed by atoms with Crippen LogP contribution in [0.1, 0.15) is 29.8 Å². The van der Waals surface area contributed by atoms with Crippen molar-refractivity contribution in [3.05, 3.63) is 11.8 Å². The van der Waals surface area contributed by atoms with E-state index in [-0.39, 0.29) is 30.0 Å². The Balaban J connectivity index is 1.69. The Morgan fingerprint density at radius 2 is 1.84 bits per heavy atom. The first-order valence-electron chi connectivity index (χ1n) is 8.49. The lowest BCUT2D eigenvalue weighted by Crippen LogP contribution is -2.39. The van der Waals surface area contributed by atoms with E-state index in [1.807, 2.05) is 4.90 Å². The van der Waals surface area contributed by atoms with Crippen molar-refractivity contribution in [2.24, 2.45) is 0 Å². The first-order valence-corrected chi connectivity index (χ1v) is 8.49. The summed E-state index contributed by atoms with van der Waals surface area (Å²) in [6.07, 6.45) is 3.15. The third kappa shape index (κ3) is 4.56. The highest BCUT2D eigenvalue weighted by molar-refractivity contribution is 5.86. The molecule has 9 nitrogen and oxygen atoms in total. The first kappa shape index (κ1) is 17.4. The molecule has 25 heavy (non-hydrogen) atoms. The van der Waals surface area contributed by atoms with Crippen molar-refractivity contribution in [2.75, 3.05) is 50.9 Å². The van der Waals surface area contributed by atoms with Crippen molar-refractivity contribution in [1.82, 2.24) is 14.9 Å². The molecule has 0 bridgehead atoms. The number of likely N-dealkylation sites (tertiary alicyclic amines) is 1. The molecule has 136 valence electrons. The molecule has 0 aliphatic carbocycles. The number of carboxylic acids is 1. The molecule has 0 radical (unpaired) electrons. The number of piperidine rings is 1. The fourth-order valence-electron chi connectivity index (χ4n) is 2.87.